The molecule has 0 aliphatic carbocycles. The van der Waals surface area contributed by atoms with Gasteiger partial charge in [0, 0.05) is 29.6 Å². The van der Waals surface area contributed by atoms with Crippen molar-refractivity contribution in [3.63, 3.8) is 0 Å². The first-order valence-corrected chi connectivity index (χ1v) is 9.59. The van der Waals surface area contributed by atoms with Gasteiger partial charge in [-0.25, -0.2) is 14.8 Å². The van der Waals surface area contributed by atoms with Crippen molar-refractivity contribution >= 4 is 17.5 Å². The van der Waals surface area contributed by atoms with E-state index in [9.17, 15) is 4.79 Å². The second kappa shape index (κ2) is 9.15. The predicted molar refractivity (Wildman–Crippen MR) is 117 cm³/mol. The average molecular weight is 387 g/mol. The van der Waals surface area contributed by atoms with E-state index >= 15 is 0 Å². The lowest BCUT2D eigenvalue weighted by atomic mass is 10.1. The summed E-state index contributed by atoms with van der Waals surface area (Å²) in [6, 6.07) is 17.2. The molecule has 29 heavy (non-hydrogen) atoms. The normalized spacial score (nSPS) is 10.4. The molecule has 2 aromatic carbocycles. The second-order valence-electron chi connectivity index (χ2n) is 6.62. The van der Waals surface area contributed by atoms with Crippen LogP contribution in [0.25, 0.3) is 11.4 Å². The Hall–Kier alpha value is -3.47. The lowest BCUT2D eigenvalue weighted by molar-refractivity contribution is 0.0526. The minimum atomic E-state index is -0.321. The Kier molecular flexibility index (Phi) is 6.39. The average Bonchev–Trinajstić information content (AvgIpc) is 2.75. The summed E-state index contributed by atoms with van der Waals surface area (Å²) in [5.74, 6) is 1.18. The highest BCUT2D eigenvalue weighted by atomic mass is 16.5. The Morgan fingerprint density at radius 2 is 1.79 bits per heavy atom. The first-order chi connectivity index (χ1) is 14.0. The quantitative estimate of drug-likeness (QED) is 0.416. The molecule has 3 aromatic rings. The molecule has 5 heteroatoms. The van der Waals surface area contributed by atoms with Gasteiger partial charge in [-0.05, 0) is 44.5 Å². The molecular weight excluding hydrogens is 362 g/mol. The van der Waals surface area contributed by atoms with E-state index in [1.165, 1.54) is 0 Å². The zero-order chi connectivity index (χ0) is 20.8. The van der Waals surface area contributed by atoms with E-state index in [0.717, 1.165) is 28.3 Å². The molecule has 0 aliphatic heterocycles. The maximum absolute atomic E-state index is 11.9. The van der Waals surface area contributed by atoms with Gasteiger partial charge < -0.3 is 9.64 Å². The van der Waals surface area contributed by atoms with Crippen molar-refractivity contribution in [3.05, 3.63) is 84.1 Å². The van der Waals surface area contributed by atoms with Gasteiger partial charge in [-0.2, -0.15) is 0 Å². The molecule has 1 heterocycles. The second-order valence-corrected chi connectivity index (χ2v) is 6.62. The Morgan fingerprint density at radius 1 is 1.10 bits per heavy atom. The van der Waals surface area contributed by atoms with Crippen molar-refractivity contribution in [1.82, 2.24) is 9.97 Å². The fourth-order valence-corrected chi connectivity index (χ4v) is 3.12. The minimum Gasteiger partial charge on any atom is -0.462 e. The first kappa shape index (κ1) is 20.3. The van der Waals surface area contributed by atoms with E-state index in [4.69, 9.17) is 14.7 Å². The number of hydrogen-bond acceptors (Lipinski definition) is 5. The van der Waals surface area contributed by atoms with E-state index in [-0.39, 0.29) is 5.97 Å². The number of aryl methyl sites for hydroxylation is 1. The van der Waals surface area contributed by atoms with Gasteiger partial charge in [-0.3, -0.25) is 0 Å². The summed E-state index contributed by atoms with van der Waals surface area (Å²) in [7, 11) is 1.96. The smallest absolute Gasteiger partial charge is 0.338 e. The first-order valence-electron chi connectivity index (χ1n) is 9.59. The summed E-state index contributed by atoms with van der Waals surface area (Å²) in [6.45, 7) is 8.02. The molecule has 1 aromatic heterocycles. The zero-order valence-corrected chi connectivity index (χ0v) is 17.1. The number of allylic oxidation sites excluding steroid dienone is 1. The molecule has 0 saturated carbocycles. The molecule has 0 atom stereocenters. The topological polar surface area (TPSA) is 55.3 Å². The number of hydrogen-bond donors (Lipinski definition) is 0. The standard InChI is InChI=1S/C24H25N3O2/c1-5-10-21-17(3)25-22(18-11-8-7-9-12-18)26-23(21)27(4)20-15-13-19(14-16-20)24(28)29-6-2/h5,7-9,11-16H,1,6,10H2,2-4H3. The zero-order valence-electron chi connectivity index (χ0n) is 17.1. The highest BCUT2D eigenvalue weighted by Gasteiger charge is 2.17. The third-order valence-electron chi connectivity index (χ3n) is 4.66. The summed E-state index contributed by atoms with van der Waals surface area (Å²) >= 11 is 0. The number of esters is 1. The van der Waals surface area contributed by atoms with Gasteiger partial charge in [0.1, 0.15) is 5.82 Å². The van der Waals surface area contributed by atoms with Gasteiger partial charge in [0.25, 0.3) is 0 Å². The Bertz CT molecular complexity index is 999. The number of rotatable bonds is 7. The number of benzene rings is 2. The molecule has 0 radical (unpaired) electrons. The molecule has 0 bridgehead atoms. The highest BCUT2D eigenvalue weighted by Crippen LogP contribution is 2.30. The van der Waals surface area contributed by atoms with Crippen LogP contribution < -0.4 is 4.90 Å². The Morgan fingerprint density at radius 3 is 2.41 bits per heavy atom. The van der Waals surface area contributed by atoms with Gasteiger partial charge in [-0.15, -0.1) is 6.58 Å². The molecule has 3 rings (SSSR count). The predicted octanol–water partition coefficient (Wildman–Crippen LogP) is 5.13. The molecular formula is C24H25N3O2. The molecule has 0 saturated heterocycles. The molecule has 0 N–H and O–H groups in total. The van der Waals surface area contributed by atoms with Crippen LogP contribution in [0.1, 0.15) is 28.5 Å². The van der Waals surface area contributed by atoms with Gasteiger partial charge in [0.2, 0.25) is 0 Å². The molecule has 5 nitrogen and oxygen atoms in total. The Balaban J connectivity index is 2.02. The highest BCUT2D eigenvalue weighted by molar-refractivity contribution is 5.90. The monoisotopic (exact) mass is 387 g/mol. The van der Waals surface area contributed by atoms with Gasteiger partial charge in [-0.1, -0.05) is 36.4 Å². The summed E-state index contributed by atoms with van der Waals surface area (Å²) in [5.41, 5.74) is 4.35. The van der Waals surface area contributed by atoms with Gasteiger partial charge in [0.05, 0.1) is 12.2 Å². The van der Waals surface area contributed by atoms with Crippen LogP contribution in [0.2, 0.25) is 0 Å². The van der Waals surface area contributed by atoms with Crippen molar-refractivity contribution < 1.29 is 9.53 Å². The van der Waals surface area contributed by atoms with Crippen LogP contribution in [0.15, 0.2) is 67.3 Å². The fourth-order valence-electron chi connectivity index (χ4n) is 3.12. The maximum Gasteiger partial charge on any atom is 0.338 e. The van der Waals surface area contributed by atoms with E-state index in [1.807, 2.05) is 67.4 Å². The lowest BCUT2D eigenvalue weighted by Gasteiger charge is -2.23. The van der Waals surface area contributed by atoms with E-state index in [2.05, 4.69) is 6.58 Å². The largest absolute Gasteiger partial charge is 0.462 e. The van der Waals surface area contributed by atoms with Crippen LogP contribution in [0.4, 0.5) is 11.5 Å². The number of carbonyl (C=O) groups is 1. The van der Waals surface area contributed by atoms with E-state index < -0.39 is 0 Å². The maximum atomic E-state index is 11.9. The van der Waals surface area contributed by atoms with Crippen LogP contribution in [0.3, 0.4) is 0 Å². The van der Waals surface area contributed by atoms with Crippen molar-refractivity contribution in [3.8, 4) is 11.4 Å². The lowest BCUT2D eigenvalue weighted by Crippen LogP contribution is -2.16. The third kappa shape index (κ3) is 4.51. The van der Waals surface area contributed by atoms with Crippen molar-refractivity contribution in [2.24, 2.45) is 0 Å². The molecule has 148 valence electrons. The SMILES string of the molecule is C=CCc1c(C)nc(-c2ccccc2)nc1N(C)c1ccc(C(=O)OCC)cc1. The van der Waals surface area contributed by atoms with Crippen LogP contribution in [0.5, 0.6) is 0 Å². The summed E-state index contributed by atoms with van der Waals surface area (Å²) in [4.78, 5) is 23.5. The minimum absolute atomic E-state index is 0.321. The van der Waals surface area contributed by atoms with E-state index in [1.54, 1.807) is 19.1 Å². The molecule has 0 unspecified atom stereocenters. The molecule has 0 fully saturated rings. The van der Waals surface area contributed by atoms with Gasteiger partial charge in [0.15, 0.2) is 5.82 Å². The van der Waals surface area contributed by atoms with Gasteiger partial charge >= 0.3 is 5.97 Å². The fraction of sp³-hybridized carbons (Fsp3) is 0.208. The van der Waals surface area contributed by atoms with Crippen LogP contribution in [-0.4, -0.2) is 29.6 Å². The molecule has 0 spiro atoms. The number of nitrogens with zero attached hydrogens (tertiary/aromatic N) is 3. The summed E-state index contributed by atoms with van der Waals surface area (Å²) < 4.78 is 5.06. The summed E-state index contributed by atoms with van der Waals surface area (Å²) in [5, 5.41) is 0. The Labute approximate surface area is 171 Å². The molecule has 0 aliphatic rings. The molecule has 0 amide bonds. The summed E-state index contributed by atoms with van der Waals surface area (Å²) in [6.07, 6.45) is 2.52. The number of aromatic nitrogens is 2. The number of anilines is 2. The third-order valence-corrected chi connectivity index (χ3v) is 4.66. The van der Waals surface area contributed by atoms with E-state index in [0.29, 0.717) is 24.4 Å². The van der Waals surface area contributed by atoms with Crippen LogP contribution in [-0.2, 0) is 11.2 Å². The van der Waals surface area contributed by atoms with Crippen LogP contribution in [0, 0.1) is 6.92 Å². The number of carbonyl (C=O) groups excluding carboxylic acids is 1. The van der Waals surface area contributed by atoms with Crippen molar-refractivity contribution in [2.75, 3.05) is 18.6 Å². The van der Waals surface area contributed by atoms with Crippen molar-refractivity contribution in [2.45, 2.75) is 20.3 Å². The number of ether oxygens (including phenoxy) is 1. The van der Waals surface area contributed by atoms with Crippen LogP contribution >= 0.6 is 0 Å². The van der Waals surface area contributed by atoms with Crippen molar-refractivity contribution in [1.29, 1.82) is 0 Å².